The second-order valence-electron chi connectivity index (χ2n) is 8.08. The van der Waals surface area contributed by atoms with Crippen LogP contribution < -0.4 is 5.32 Å². The molecular formula is C23H26ClN3O5S. The molecule has 8 nitrogen and oxygen atoms in total. The molecule has 0 atom stereocenters. The summed E-state index contributed by atoms with van der Waals surface area (Å²) in [5.41, 5.74) is 1.00. The highest BCUT2D eigenvalue weighted by atomic mass is 35.5. The van der Waals surface area contributed by atoms with Gasteiger partial charge in [0, 0.05) is 37.8 Å². The van der Waals surface area contributed by atoms with Gasteiger partial charge in [-0.3, -0.25) is 9.59 Å². The summed E-state index contributed by atoms with van der Waals surface area (Å²) in [6.07, 6.45) is 1.09. The first-order valence-electron chi connectivity index (χ1n) is 10.9. The predicted octanol–water partition coefficient (Wildman–Crippen LogP) is 2.85. The number of carbonyl (C=O) groups is 2. The molecule has 10 heteroatoms. The Balaban J connectivity index is 1.32. The minimum atomic E-state index is -3.57. The average Bonchev–Trinajstić information content (AvgIpc) is 2.85. The van der Waals surface area contributed by atoms with E-state index in [-0.39, 0.29) is 22.6 Å². The Labute approximate surface area is 198 Å². The van der Waals surface area contributed by atoms with E-state index in [1.165, 1.54) is 16.4 Å². The van der Waals surface area contributed by atoms with Crippen LogP contribution >= 0.6 is 11.6 Å². The third-order valence-corrected chi connectivity index (χ3v) is 8.23. The third-order valence-electron chi connectivity index (χ3n) is 5.99. The molecule has 4 rings (SSSR count). The van der Waals surface area contributed by atoms with Crippen LogP contribution in [0.1, 0.15) is 23.2 Å². The summed E-state index contributed by atoms with van der Waals surface area (Å²) in [5, 5.41) is 3.28. The van der Waals surface area contributed by atoms with E-state index in [0.717, 1.165) is 0 Å². The molecule has 0 saturated carbocycles. The zero-order chi connectivity index (χ0) is 23.4. The maximum atomic E-state index is 12.7. The average molecular weight is 492 g/mol. The first kappa shape index (κ1) is 23.7. The van der Waals surface area contributed by atoms with Gasteiger partial charge in [0.05, 0.1) is 28.7 Å². The van der Waals surface area contributed by atoms with Gasteiger partial charge in [-0.2, -0.15) is 4.31 Å². The Kier molecular flexibility index (Phi) is 7.33. The van der Waals surface area contributed by atoms with Crippen LogP contribution in [0.4, 0.5) is 5.69 Å². The predicted molar refractivity (Wildman–Crippen MR) is 125 cm³/mol. The number of sulfonamides is 1. The number of amides is 2. The van der Waals surface area contributed by atoms with Crippen molar-refractivity contribution in [3.63, 3.8) is 0 Å². The fourth-order valence-corrected chi connectivity index (χ4v) is 5.66. The molecule has 1 N–H and O–H groups in total. The molecule has 176 valence electrons. The molecule has 0 spiro atoms. The minimum absolute atomic E-state index is 0.128. The lowest BCUT2D eigenvalue weighted by atomic mass is 9.95. The quantitative estimate of drug-likeness (QED) is 0.693. The number of ether oxygens (including phenoxy) is 1. The Bertz CT molecular complexity index is 1110. The lowest BCUT2D eigenvalue weighted by Gasteiger charge is -2.31. The van der Waals surface area contributed by atoms with Crippen LogP contribution in [0, 0.1) is 5.92 Å². The first-order chi connectivity index (χ1) is 15.9. The van der Waals surface area contributed by atoms with Crippen LogP contribution in [-0.4, -0.2) is 68.8 Å². The molecule has 2 amide bonds. The maximum Gasteiger partial charge on any atom is 0.255 e. The largest absolute Gasteiger partial charge is 0.379 e. The molecule has 2 aliphatic heterocycles. The van der Waals surface area contributed by atoms with Crippen molar-refractivity contribution < 1.29 is 22.7 Å². The summed E-state index contributed by atoms with van der Waals surface area (Å²) < 4.78 is 32.1. The van der Waals surface area contributed by atoms with Gasteiger partial charge >= 0.3 is 0 Å². The van der Waals surface area contributed by atoms with Gasteiger partial charge in [0.1, 0.15) is 0 Å². The van der Waals surface area contributed by atoms with Gasteiger partial charge < -0.3 is 15.0 Å². The number of likely N-dealkylation sites (tertiary alicyclic amines) is 1. The Morgan fingerprint density at radius 2 is 1.58 bits per heavy atom. The van der Waals surface area contributed by atoms with E-state index in [0.29, 0.717) is 68.5 Å². The molecule has 2 aromatic carbocycles. The van der Waals surface area contributed by atoms with Crippen molar-refractivity contribution in [2.24, 2.45) is 5.92 Å². The molecule has 2 fully saturated rings. The van der Waals surface area contributed by atoms with Gasteiger partial charge in [-0.05, 0) is 49.2 Å². The normalized spacial score (nSPS) is 18.2. The summed E-state index contributed by atoms with van der Waals surface area (Å²) in [6, 6.07) is 13.1. The third kappa shape index (κ3) is 5.38. The number of halogens is 1. The number of benzene rings is 2. The van der Waals surface area contributed by atoms with Crippen LogP contribution in [-0.2, 0) is 19.6 Å². The highest BCUT2D eigenvalue weighted by Crippen LogP contribution is 2.24. The van der Waals surface area contributed by atoms with Crippen molar-refractivity contribution in [2.75, 3.05) is 44.7 Å². The summed E-state index contributed by atoms with van der Waals surface area (Å²) in [6.45, 7) is 2.38. The highest BCUT2D eigenvalue weighted by molar-refractivity contribution is 7.89. The Morgan fingerprint density at radius 1 is 0.939 bits per heavy atom. The van der Waals surface area contributed by atoms with Gasteiger partial charge in [-0.25, -0.2) is 8.42 Å². The number of morpholine rings is 1. The first-order valence-corrected chi connectivity index (χ1v) is 12.7. The second kappa shape index (κ2) is 10.2. The number of rotatable bonds is 5. The molecule has 2 saturated heterocycles. The zero-order valence-electron chi connectivity index (χ0n) is 18.1. The molecule has 2 heterocycles. The highest BCUT2D eigenvalue weighted by Gasteiger charge is 2.29. The lowest BCUT2D eigenvalue weighted by molar-refractivity contribution is -0.121. The van der Waals surface area contributed by atoms with Crippen molar-refractivity contribution in [1.82, 2.24) is 9.21 Å². The summed E-state index contributed by atoms with van der Waals surface area (Å²) >= 11 is 6.13. The number of hydrogen-bond donors (Lipinski definition) is 1. The molecule has 0 unspecified atom stereocenters. The summed E-state index contributed by atoms with van der Waals surface area (Å²) in [4.78, 5) is 27.3. The van der Waals surface area contributed by atoms with E-state index >= 15 is 0 Å². The maximum absolute atomic E-state index is 12.7. The molecule has 0 bridgehead atoms. The Morgan fingerprint density at radius 3 is 2.21 bits per heavy atom. The van der Waals surface area contributed by atoms with E-state index in [9.17, 15) is 18.0 Å². The molecule has 0 radical (unpaired) electrons. The molecule has 2 aliphatic rings. The summed E-state index contributed by atoms with van der Waals surface area (Å²) in [5.74, 6) is -0.489. The molecule has 0 aromatic heterocycles. The van der Waals surface area contributed by atoms with Crippen LogP contribution in [0.5, 0.6) is 0 Å². The standard InChI is InChI=1S/C23H26ClN3O5S/c24-21-4-2-1-3-20(21)23(29)26-11-9-17(10-12-26)22(28)25-18-5-7-19(8-6-18)33(30,31)27-13-15-32-16-14-27/h1-8,17H,9-16H2,(H,25,28). The molecule has 0 aliphatic carbocycles. The summed E-state index contributed by atoms with van der Waals surface area (Å²) in [7, 11) is -3.57. The number of hydrogen-bond acceptors (Lipinski definition) is 5. The number of anilines is 1. The van der Waals surface area contributed by atoms with Crippen molar-refractivity contribution in [3.05, 3.63) is 59.1 Å². The van der Waals surface area contributed by atoms with Crippen LogP contribution in [0.25, 0.3) is 0 Å². The minimum Gasteiger partial charge on any atom is -0.379 e. The van der Waals surface area contributed by atoms with Gasteiger partial charge in [-0.1, -0.05) is 23.7 Å². The van der Waals surface area contributed by atoms with E-state index in [4.69, 9.17) is 16.3 Å². The van der Waals surface area contributed by atoms with Gasteiger partial charge in [0.25, 0.3) is 5.91 Å². The van der Waals surface area contributed by atoms with E-state index in [1.807, 2.05) is 0 Å². The van der Waals surface area contributed by atoms with Crippen molar-refractivity contribution in [3.8, 4) is 0 Å². The smallest absolute Gasteiger partial charge is 0.255 e. The number of piperidine rings is 1. The van der Waals surface area contributed by atoms with Crippen molar-refractivity contribution >= 4 is 39.1 Å². The van der Waals surface area contributed by atoms with Gasteiger partial charge in [-0.15, -0.1) is 0 Å². The van der Waals surface area contributed by atoms with Crippen molar-refractivity contribution in [2.45, 2.75) is 17.7 Å². The molecule has 33 heavy (non-hydrogen) atoms. The molecule has 2 aromatic rings. The fraction of sp³-hybridized carbons (Fsp3) is 0.391. The van der Waals surface area contributed by atoms with Crippen LogP contribution in [0.3, 0.4) is 0 Å². The number of nitrogens with zero attached hydrogens (tertiary/aromatic N) is 2. The van der Waals surface area contributed by atoms with E-state index < -0.39 is 10.0 Å². The Hall–Kier alpha value is -2.46. The van der Waals surface area contributed by atoms with E-state index in [2.05, 4.69) is 5.32 Å². The van der Waals surface area contributed by atoms with Gasteiger partial charge in [0.2, 0.25) is 15.9 Å². The monoisotopic (exact) mass is 491 g/mol. The zero-order valence-corrected chi connectivity index (χ0v) is 19.6. The number of carbonyl (C=O) groups excluding carboxylic acids is 2. The van der Waals surface area contributed by atoms with Crippen LogP contribution in [0.2, 0.25) is 5.02 Å². The fourth-order valence-electron chi connectivity index (χ4n) is 4.04. The van der Waals surface area contributed by atoms with Crippen LogP contribution in [0.15, 0.2) is 53.4 Å². The second-order valence-corrected chi connectivity index (χ2v) is 10.4. The lowest BCUT2D eigenvalue weighted by Crippen LogP contribution is -2.41. The molecular weight excluding hydrogens is 466 g/mol. The van der Waals surface area contributed by atoms with Gasteiger partial charge in [0.15, 0.2) is 0 Å². The number of nitrogens with one attached hydrogen (secondary N) is 1. The van der Waals surface area contributed by atoms with E-state index in [1.54, 1.807) is 41.3 Å². The van der Waals surface area contributed by atoms with Crippen molar-refractivity contribution in [1.29, 1.82) is 0 Å². The SMILES string of the molecule is O=C(Nc1ccc(S(=O)(=O)N2CCOCC2)cc1)C1CCN(C(=O)c2ccccc2Cl)CC1. The topological polar surface area (TPSA) is 96.0 Å².